The normalized spacial score (nSPS) is 19.8. The van der Waals surface area contributed by atoms with Crippen LogP contribution in [0, 0.1) is 11.8 Å². The van der Waals surface area contributed by atoms with Crippen molar-refractivity contribution in [2.24, 2.45) is 11.8 Å². The van der Waals surface area contributed by atoms with Crippen LogP contribution in [-0.2, 0) is 23.8 Å². The minimum atomic E-state index is -6.14. The van der Waals surface area contributed by atoms with Crippen molar-refractivity contribution in [3.05, 3.63) is 67.0 Å². The molecule has 0 radical (unpaired) electrons. The Balaban J connectivity index is 1.62. The third kappa shape index (κ3) is 6.96. The van der Waals surface area contributed by atoms with Crippen LogP contribution >= 0.6 is 0 Å². The molecule has 2 aromatic carbocycles. The van der Waals surface area contributed by atoms with Crippen molar-refractivity contribution >= 4 is 50.6 Å². The number of amides is 2. The van der Waals surface area contributed by atoms with E-state index in [0.717, 1.165) is 10.9 Å². The molecule has 1 aliphatic heterocycles. The number of ether oxygens (including phenoxy) is 2. The van der Waals surface area contributed by atoms with Gasteiger partial charge in [0, 0.05) is 11.8 Å². The SMILES string of the molecule is CCC1OC(n2cnc3c(OC(=O)N(c4ccccc4)c4ccccc4)nc(NC(=O)C(C)C)nc32)C(OS(=O)(=O)C(F)(F)F)C1CO. The highest BCUT2D eigenvalue weighted by Crippen LogP contribution is 2.42. The number of alkyl halides is 3. The number of rotatable bonds is 10. The number of anilines is 3. The van der Waals surface area contributed by atoms with E-state index >= 15 is 0 Å². The molecule has 2 N–H and O–H groups in total. The summed E-state index contributed by atoms with van der Waals surface area (Å²) in [6.07, 6.45) is -4.15. The van der Waals surface area contributed by atoms with Gasteiger partial charge in [0.05, 0.1) is 30.4 Å². The first-order valence-electron chi connectivity index (χ1n) is 14.7. The number of hydrogen-bond acceptors (Lipinski definition) is 11. The highest BCUT2D eigenvalue weighted by molar-refractivity contribution is 7.87. The molecule has 2 amide bonds. The highest BCUT2D eigenvalue weighted by Gasteiger charge is 2.54. The smallest absolute Gasteiger partial charge is 0.396 e. The van der Waals surface area contributed by atoms with Crippen molar-refractivity contribution in [2.75, 3.05) is 16.8 Å². The first kappa shape index (κ1) is 34.7. The summed E-state index contributed by atoms with van der Waals surface area (Å²) in [5.74, 6) is -3.07. The lowest BCUT2D eigenvalue weighted by Crippen LogP contribution is -2.38. The Morgan fingerprint density at radius 3 is 2.19 bits per heavy atom. The molecule has 14 nitrogen and oxygen atoms in total. The van der Waals surface area contributed by atoms with Gasteiger partial charge in [0.25, 0.3) is 5.88 Å². The number of carbonyl (C=O) groups is 2. The van der Waals surface area contributed by atoms with Gasteiger partial charge >= 0.3 is 21.7 Å². The number of para-hydroxylation sites is 2. The molecule has 48 heavy (non-hydrogen) atoms. The quantitative estimate of drug-likeness (QED) is 0.171. The molecule has 0 spiro atoms. The summed E-state index contributed by atoms with van der Waals surface area (Å²) in [5.41, 5.74) is -5.30. The minimum absolute atomic E-state index is 0.169. The van der Waals surface area contributed by atoms with E-state index in [1.807, 2.05) is 0 Å². The monoisotopic (exact) mass is 692 g/mol. The van der Waals surface area contributed by atoms with E-state index in [-0.39, 0.29) is 23.5 Å². The van der Waals surface area contributed by atoms with Gasteiger partial charge in [-0.3, -0.25) is 18.9 Å². The van der Waals surface area contributed by atoms with Crippen LogP contribution in [0.5, 0.6) is 5.88 Å². The zero-order valence-electron chi connectivity index (χ0n) is 25.7. The maximum Gasteiger partial charge on any atom is 0.523 e. The molecule has 4 aromatic rings. The van der Waals surface area contributed by atoms with Crippen molar-refractivity contribution in [2.45, 2.75) is 51.1 Å². The standard InChI is InChI=1S/C30H31F3N6O8S/c1-4-21-20(15-40)23(47-48(43,44)30(31,32)33)27(45-21)38-16-34-22-24(38)35-28(36-25(41)17(2)3)37-26(22)46-29(42)39(18-11-7-5-8-12-18)19-13-9-6-10-14-19/h5-14,16-17,20-21,23,27,40H,4,15H2,1-3H3,(H,35,36,37,41). The Bertz CT molecular complexity index is 1840. The molecule has 2 aromatic heterocycles. The number of imidazole rings is 1. The van der Waals surface area contributed by atoms with Gasteiger partial charge in [-0.1, -0.05) is 57.2 Å². The Hall–Kier alpha value is -4.65. The molecule has 5 rings (SSSR count). The molecule has 4 unspecified atom stereocenters. The van der Waals surface area contributed by atoms with E-state index in [0.29, 0.717) is 11.4 Å². The number of nitrogens with one attached hydrogen (secondary N) is 1. The summed E-state index contributed by atoms with van der Waals surface area (Å²) in [4.78, 5) is 40.4. The van der Waals surface area contributed by atoms with Crippen LogP contribution < -0.4 is 15.0 Å². The van der Waals surface area contributed by atoms with Gasteiger partial charge in [-0.2, -0.15) is 31.6 Å². The molecule has 4 atom stereocenters. The predicted molar refractivity (Wildman–Crippen MR) is 164 cm³/mol. The fraction of sp³-hybridized carbons (Fsp3) is 0.367. The van der Waals surface area contributed by atoms with Crippen LogP contribution in [0.4, 0.5) is 35.3 Å². The van der Waals surface area contributed by atoms with E-state index < -0.39 is 70.4 Å². The second-order valence-electron chi connectivity index (χ2n) is 11.0. The lowest BCUT2D eigenvalue weighted by atomic mass is 9.97. The van der Waals surface area contributed by atoms with E-state index in [4.69, 9.17) is 9.47 Å². The molecule has 18 heteroatoms. The number of carbonyl (C=O) groups excluding carboxylic acids is 2. The number of nitrogens with zero attached hydrogens (tertiary/aromatic N) is 5. The van der Waals surface area contributed by atoms with Gasteiger partial charge in [0.2, 0.25) is 11.9 Å². The lowest BCUT2D eigenvalue weighted by molar-refractivity contribution is -0.118. The Labute approximate surface area is 272 Å². The second-order valence-corrected chi connectivity index (χ2v) is 12.5. The number of aliphatic hydroxyl groups excluding tert-OH is 1. The van der Waals surface area contributed by atoms with Crippen molar-refractivity contribution < 1.29 is 49.9 Å². The van der Waals surface area contributed by atoms with Gasteiger partial charge in [0.1, 0.15) is 6.10 Å². The summed E-state index contributed by atoms with van der Waals surface area (Å²) >= 11 is 0. The van der Waals surface area contributed by atoms with Gasteiger partial charge in [-0.25, -0.2) is 14.7 Å². The number of aromatic nitrogens is 4. The molecule has 1 aliphatic rings. The number of benzene rings is 2. The maximum atomic E-state index is 13.8. The summed E-state index contributed by atoms with van der Waals surface area (Å²) in [6, 6.07) is 17.0. The summed E-state index contributed by atoms with van der Waals surface area (Å²) in [5, 5.41) is 12.5. The fourth-order valence-electron chi connectivity index (χ4n) is 5.05. The molecule has 1 saturated heterocycles. The van der Waals surface area contributed by atoms with Crippen LogP contribution in [-0.4, -0.2) is 69.4 Å². The minimum Gasteiger partial charge on any atom is -0.396 e. The van der Waals surface area contributed by atoms with Crippen LogP contribution in [0.2, 0.25) is 0 Å². The number of halogens is 3. The van der Waals surface area contributed by atoms with E-state index in [1.165, 1.54) is 4.90 Å². The third-order valence-corrected chi connectivity index (χ3v) is 8.49. The average molecular weight is 693 g/mol. The van der Waals surface area contributed by atoms with Crippen molar-refractivity contribution in [1.82, 2.24) is 19.5 Å². The largest absolute Gasteiger partial charge is 0.523 e. The van der Waals surface area contributed by atoms with Gasteiger partial charge in [-0.15, -0.1) is 0 Å². The highest BCUT2D eigenvalue weighted by atomic mass is 32.2. The summed E-state index contributed by atoms with van der Waals surface area (Å²) in [6.45, 7) is 4.06. The molecule has 256 valence electrons. The first-order valence-corrected chi connectivity index (χ1v) is 16.1. The predicted octanol–water partition coefficient (Wildman–Crippen LogP) is 4.91. The average Bonchev–Trinajstić information content (AvgIpc) is 3.62. The van der Waals surface area contributed by atoms with Gasteiger partial charge < -0.3 is 14.6 Å². The number of hydrogen-bond donors (Lipinski definition) is 2. The molecule has 0 bridgehead atoms. The van der Waals surface area contributed by atoms with E-state index in [1.54, 1.807) is 81.4 Å². The zero-order valence-corrected chi connectivity index (χ0v) is 26.6. The molecule has 0 saturated carbocycles. The van der Waals surface area contributed by atoms with Gasteiger partial charge in [-0.05, 0) is 30.7 Å². The van der Waals surface area contributed by atoms with Crippen LogP contribution in [0.15, 0.2) is 67.0 Å². The molecule has 0 aliphatic carbocycles. The second kappa shape index (κ2) is 13.8. The van der Waals surface area contributed by atoms with Crippen LogP contribution in [0.25, 0.3) is 11.2 Å². The van der Waals surface area contributed by atoms with Crippen molar-refractivity contribution in [3.8, 4) is 5.88 Å². The van der Waals surface area contributed by atoms with Gasteiger partial charge in [0.15, 0.2) is 17.4 Å². The third-order valence-electron chi connectivity index (χ3n) is 7.45. The topological polar surface area (TPSA) is 175 Å². The number of fused-ring (bicyclic) bond motifs is 1. The van der Waals surface area contributed by atoms with Crippen LogP contribution in [0.3, 0.4) is 0 Å². The van der Waals surface area contributed by atoms with E-state index in [2.05, 4.69) is 24.5 Å². The zero-order chi connectivity index (χ0) is 34.8. The Morgan fingerprint density at radius 1 is 1.06 bits per heavy atom. The molecular weight excluding hydrogens is 661 g/mol. The summed E-state index contributed by atoms with van der Waals surface area (Å²) < 4.78 is 81.8. The molecule has 3 heterocycles. The molecular formula is C30H31F3N6O8S. The van der Waals surface area contributed by atoms with Crippen LogP contribution in [0.1, 0.15) is 33.4 Å². The first-order chi connectivity index (χ1) is 22.8. The Morgan fingerprint density at radius 2 is 1.67 bits per heavy atom. The summed E-state index contributed by atoms with van der Waals surface area (Å²) in [7, 11) is -6.14. The van der Waals surface area contributed by atoms with Crippen molar-refractivity contribution in [3.63, 3.8) is 0 Å². The lowest BCUT2D eigenvalue weighted by Gasteiger charge is -2.24. The fourth-order valence-corrected chi connectivity index (χ4v) is 5.68. The maximum absolute atomic E-state index is 13.8. The Kier molecular flexibility index (Phi) is 9.99. The van der Waals surface area contributed by atoms with E-state index in [9.17, 15) is 36.3 Å². The van der Waals surface area contributed by atoms with Crippen molar-refractivity contribution in [1.29, 1.82) is 0 Å². The number of aliphatic hydroxyl groups is 1. The molecule has 1 fully saturated rings.